The molecule has 1 aliphatic heterocycles. The van der Waals surface area contributed by atoms with Crippen LogP contribution in [0.4, 0.5) is 0 Å². The van der Waals surface area contributed by atoms with Gasteiger partial charge in [-0.2, -0.15) is 0 Å². The van der Waals surface area contributed by atoms with Crippen molar-refractivity contribution in [3.63, 3.8) is 0 Å². The summed E-state index contributed by atoms with van der Waals surface area (Å²) in [4.78, 5) is 4.60. The number of hydrogen-bond acceptors (Lipinski definition) is 3. The first kappa shape index (κ1) is 12.4. The van der Waals surface area contributed by atoms with Crippen LogP contribution < -0.4 is 5.19 Å². The SMILES string of the molecule is Cc1cc([Si](C)(C)C)c(C2=NC(C)(C)CO2)o1. The third-order valence-electron chi connectivity index (χ3n) is 2.82. The first-order valence-corrected chi connectivity index (χ1v) is 9.53. The number of aryl methyl sites for hydroxylation is 1. The van der Waals surface area contributed by atoms with Gasteiger partial charge in [-0.05, 0) is 32.0 Å². The lowest BCUT2D eigenvalue weighted by molar-refractivity contribution is 0.275. The van der Waals surface area contributed by atoms with Gasteiger partial charge in [0.2, 0.25) is 0 Å². The van der Waals surface area contributed by atoms with E-state index in [1.165, 1.54) is 5.19 Å². The predicted octanol–water partition coefficient (Wildman–Crippen LogP) is 2.69. The highest BCUT2D eigenvalue weighted by atomic mass is 28.3. The van der Waals surface area contributed by atoms with E-state index in [-0.39, 0.29) is 5.54 Å². The second-order valence-corrected chi connectivity index (χ2v) is 11.4. The Balaban J connectivity index is 2.47. The van der Waals surface area contributed by atoms with Crippen molar-refractivity contribution in [2.24, 2.45) is 4.99 Å². The summed E-state index contributed by atoms with van der Waals surface area (Å²) < 4.78 is 11.5. The van der Waals surface area contributed by atoms with Crippen molar-refractivity contribution in [2.75, 3.05) is 6.61 Å². The summed E-state index contributed by atoms with van der Waals surface area (Å²) in [7, 11) is -1.43. The van der Waals surface area contributed by atoms with Crippen LogP contribution in [0.25, 0.3) is 0 Å². The summed E-state index contributed by atoms with van der Waals surface area (Å²) in [5.74, 6) is 2.47. The summed E-state index contributed by atoms with van der Waals surface area (Å²) in [6.07, 6.45) is 0. The maximum absolute atomic E-state index is 5.80. The number of ether oxygens (including phenoxy) is 1. The van der Waals surface area contributed by atoms with Crippen molar-refractivity contribution < 1.29 is 9.15 Å². The monoisotopic (exact) mass is 251 g/mol. The van der Waals surface area contributed by atoms with E-state index in [9.17, 15) is 0 Å². The van der Waals surface area contributed by atoms with E-state index in [1.807, 2.05) is 6.92 Å². The fraction of sp³-hybridized carbons (Fsp3) is 0.615. The summed E-state index contributed by atoms with van der Waals surface area (Å²) in [5.41, 5.74) is -0.132. The van der Waals surface area contributed by atoms with Crippen LogP contribution in [-0.4, -0.2) is 26.1 Å². The van der Waals surface area contributed by atoms with E-state index in [4.69, 9.17) is 9.15 Å². The summed E-state index contributed by atoms with van der Waals surface area (Å²) in [5, 5.41) is 1.30. The lowest BCUT2D eigenvalue weighted by Crippen LogP contribution is -2.40. The van der Waals surface area contributed by atoms with Crippen molar-refractivity contribution in [2.45, 2.75) is 46.0 Å². The average molecular weight is 251 g/mol. The van der Waals surface area contributed by atoms with Crippen molar-refractivity contribution >= 4 is 19.2 Å². The van der Waals surface area contributed by atoms with Gasteiger partial charge in [0.15, 0.2) is 5.76 Å². The Bertz CT molecular complexity index is 466. The molecule has 94 valence electrons. The highest BCUT2D eigenvalue weighted by Crippen LogP contribution is 2.22. The molecular weight excluding hydrogens is 230 g/mol. The molecule has 0 radical (unpaired) electrons. The Labute approximate surface area is 104 Å². The van der Waals surface area contributed by atoms with Crippen molar-refractivity contribution in [1.29, 1.82) is 0 Å². The molecule has 0 aliphatic carbocycles. The molecule has 0 aromatic carbocycles. The predicted molar refractivity (Wildman–Crippen MR) is 73.0 cm³/mol. The smallest absolute Gasteiger partial charge is 0.253 e. The maximum atomic E-state index is 5.80. The van der Waals surface area contributed by atoms with Gasteiger partial charge >= 0.3 is 0 Å². The second kappa shape index (κ2) is 3.73. The van der Waals surface area contributed by atoms with Gasteiger partial charge < -0.3 is 9.15 Å². The normalized spacial score (nSPS) is 19.1. The average Bonchev–Trinajstić information content (AvgIpc) is 2.67. The third-order valence-corrected chi connectivity index (χ3v) is 4.81. The maximum Gasteiger partial charge on any atom is 0.253 e. The number of nitrogens with zero attached hydrogens (tertiary/aromatic N) is 1. The zero-order valence-electron chi connectivity index (χ0n) is 11.5. The molecule has 2 heterocycles. The molecule has 1 aromatic heterocycles. The number of aliphatic imine (C=N–C) groups is 1. The molecule has 0 fully saturated rings. The Morgan fingerprint density at radius 3 is 2.41 bits per heavy atom. The Hall–Kier alpha value is -1.03. The van der Waals surface area contributed by atoms with Crippen LogP contribution in [0.2, 0.25) is 19.6 Å². The quantitative estimate of drug-likeness (QED) is 0.757. The molecule has 1 aliphatic rings. The molecule has 0 saturated heterocycles. The molecule has 0 amide bonds. The molecule has 0 atom stereocenters. The van der Waals surface area contributed by atoms with Crippen LogP contribution in [-0.2, 0) is 4.74 Å². The Morgan fingerprint density at radius 1 is 1.29 bits per heavy atom. The Morgan fingerprint density at radius 2 is 1.94 bits per heavy atom. The minimum Gasteiger partial charge on any atom is -0.473 e. The fourth-order valence-electron chi connectivity index (χ4n) is 1.93. The van der Waals surface area contributed by atoms with Crippen LogP contribution in [0.1, 0.15) is 25.4 Å². The minimum atomic E-state index is -1.43. The molecule has 0 saturated carbocycles. The van der Waals surface area contributed by atoms with Gasteiger partial charge in [0, 0.05) is 0 Å². The molecule has 3 nitrogen and oxygen atoms in total. The van der Waals surface area contributed by atoms with Gasteiger partial charge in [-0.3, -0.25) is 0 Å². The van der Waals surface area contributed by atoms with Crippen molar-refractivity contribution in [3.05, 3.63) is 17.6 Å². The molecular formula is C13H21NO2Si. The van der Waals surface area contributed by atoms with Gasteiger partial charge in [0.1, 0.15) is 12.4 Å². The van der Waals surface area contributed by atoms with Crippen molar-refractivity contribution in [1.82, 2.24) is 0 Å². The van der Waals surface area contributed by atoms with E-state index < -0.39 is 8.07 Å². The van der Waals surface area contributed by atoms with Gasteiger partial charge in [-0.1, -0.05) is 19.6 Å². The second-order valence-electron chi connectivity index (χ2n) is 6.37. The zero-order valence-corrected chi connectivity index (χ0v) is 12.5. The third kappa shape index (κ3) is 2.46. The molecule has 17 heavy (non-hydrogen) atoms. The summed E-state index contributed by atoms with van der Waals surface area (Å²) in [6.45, 7) is 13.7. The van der Waals surface area contributed by atoms with Gasteiger partial charge in [0.25, 0.3) is 5.90 Å². The lowest BCUT2D eigenvalue weighted by atomic mass is 10.1. The molecule has 1 aromatic rings. The van der Waals surface area contributed by atoms with E-state index in [2.05, 4.69) is 44.5 Å². The van der Waals surface area contributed by atoms with Crippen LogP contribution >= 0.6 is 0 Å². The first-order chi connectivity index (χ1) is 7.69. The molecule has 0 bridgehead atoms. The molecule has 0 unspecified atom stereocenters. The zero-order chi connectivity index (χ0) is 12.8. The number of hydrogen-bond donors (Lipinski definition) is 0. The highest BCUT2D eigenvalue weighted by Gasteiger charge is 2.33. The van der Waals surface area contributed by atoms with Gasteiger partial charge in [0.05, 0.1) is 13.6 Å². The van der Waals surface area contributed by atoms with E-state index in [0.29, 0.717) is 12.5 Å². The number of furan rings is 1. The van der Waals surface area contributed by atoms with Gasteiger partial charge in [-0.25, -0.2) is 4.99 Å². The molecule has 0 N–H and O–H groups in total. The van der Waals surface area contributed by atoms with E-state index in [0.717, 1.165) is 11.5 Å². The van der Waals surface area contributed by atoms with Crippen LogP contribution in [0, 0.1) is 6.92 Å². The largest absolute Gasteiger partial charge is 0.473 e. The first-order valence-electron chi connectivity index (χ1n) is 6.03. The van der Waals surface area contributed by atoms with E-state index in [1.54, 1.807) is 0 Å². The summed E-state index contributed by atoms with van der Waals surface area (Å²) >= 11 is 0. The standard InChI is InChI=1S/C13H21NO2Si/c1-9-7-10(17(4,5)6)11(16-9)12-14-13(2,3)8-15-12/h7H,8H2,1-6H3. The van der Waals surface area contributed by atoms with Crippen LogP contribution in [0.5, 0.6) is 0 Å². The lowest BCUT2D eigenvalue weighted by Gasteiger charge is -2.15. The highest BCUT2D eigenvalue weighted by molar-refractivity contribution is 6.89. The minimum absolute atomic E-state index is 0.132. The molecule has 0 spiro atoms. The van der Waals surface area contributed by atoms with E-state index >= 15 is 0 Å². The molecule has 4 heteroatoms. The van der Waals surface area contributed by atoms with Gasteiger partial charge in [-0.15, -0.1) is 0 Å². The van der Waals surface area contributed by atoms with Crippen LogP contribution in [0.15, 0.2) is 15.5 Å². The topological polar surface area (TPSA) is 34.7 Å². The van der Waals surface area contributed by atoms with Crippen molar-refractivity contribution in [3.8, 4) is 0 Å². The van der Waals surface area contributed by atoms with Crippen LogP contribution in [0.3, 0.4) is 0 Å². The molecule has 2 rings (SSSR count). The fourth-order valence-corrected chi connectivity index (χ4v) is 3.41. The summed E-state index contributed by atoms with van der Waals surface area (Å²) in [6, 6.07) is 2.14. The number of rotatable bonds is 2. The Kier molecular flexibility index (Phi) is 2.73.